The first-order valence-electron chi connectivity index (χ1n) is 8.36. The van der Waals surface area contributed by atoms with Gasteiger partial charge in [0.2, 0.25) is 0 Å². The average molecular weight is 271 g/mol. The van der Waals surface area contributed by atoms with Crippen LogP contribution in [0.25, 0.3) is 0 Å². The minimum absolute atomic E-state index is 0.719. The van der Waals surface area contributed by atoms with Crippen molar-refractivity contribution in [1.29, 1.82) is 0 Å². The third-order valence-corrected chi connectivity index (χ3v) is 4.09. The molecule has 0 amide bonds. The van der Waals surface area contributed by atoms with E-state index >= 15 is 0 Å². The normalized spacial score (nSPS) is 13.4. The van der Waals surface area contributed by atoms with Crippen molar-refractivity contribution in [1.82, 2.24) is 15.1 Å². The maximum absolute atomic E-state index is 3.59. The Morgan fingerprint density at radius 1 is 0.895 bits per heavy atom. The van der Waals surface area contributed by atoms with Crippen LogP contribution in [0.1, 0.15) is 53.9 Å². The molecule has 0 aliphatic heterocycles. The lowest BCUT2D eigenvalue weighted by Gasteiger charge is -2.28. The van der Waals surface area contributed by atoms with Crippen LogP contribution in [-0.4, -0.2) is 61.7 Å². The highest BCUT2D eigenvalue weighted by Gasteiger charge is 2.10. The first kappa shape index (κ1) is 18.9. The molecule has 116 valence electrons. The Kier molecular flexibility index (Phi) is 12.8. The molecule has 3 heteroatoms. The van der Waals surface area contributed by atoms with Crippen molar-refractivity contribution < 1.29 is 0 Å². The lowest BCUT2D eigenvalue weighted by molar-refractivity contribution is 0.200. The summed E-state index contributed by atoms with van der Waals surface area (Å²) in [6.45, 7) is 19.6. The number of likely N-dealkylation sites (N-methyl/N-ethyl adjacent to an activating group) is 1. The van der Waals surface area contributed by atoms with Gasteiger partial charge >= 0.3 is 0 Å². The van der Waals surface area contributed by atoms with Crippen LogP contribution in [0, 0.1) is 0 Å². The lowest BCUT2D eigenvalue weighted by atomic mass is 10.2. The molecule has 19 heavy (non-hydrogen) atoms. The number of nitrogens with zero attached hydrogens (tertiary/aromatic N) is 2. The van der Waals surface area contributed by atoms with E-state index in [1.807, 2.05) is 0 Å². The van der Waals surface area contributed by atoms with Crippen LogP contribution in [-0.2, 0) is 0 Å². The van der Waals surface area contributed by atoms with Crippen LogP contribution >= 0.6 is 0 Å². The molecule has 0 aliphatic rings. The Morgan fingerprint density at radius 3 is 2.05 bits per heavy atom. The fourth-order valence-corrected chi connectivity index (χ4v) is 2.30. The second kappa shape index (κ2) is 12.9. The van der Waals surface area contributed by atoms with Crippen LogP contribution in [0.4, 0.5) is 0 Å². The predicted octanol–water partition coefficient (Wildman–Crippen LogP) is 2.82. The molecule has 0 aromatic heterocycles. The minimum Gasteiger partial charge on any atom is -0.314 e. The predicted molar refractivity (Wildman–Crippen MR) is 86.9 cm³/mol. The van der Waals surface area contributed by atoms with E-state index in [-0.39, 0.29) is 0 Å². The van der Waals surface area contributed by atoms with Gasteiger partial charge in [0.1, 0.15) is 0 Å². The van der Waals surface area contributed by atoms with E-state index < -0.39 is 0 Å². The quantitative estimate of drug-likeness (QED) is 0.520. The summed E-state index contributed by atoms with van der Waals surface area (Å²) in [6, 6.07) is 0.719. The Hall–Kier alpha value is -0.120. The number of hydrogen-bond donors (Lipinski definition) is 1. The van der Waals surface area contributed by atoms with E-state index in [9.17, 15) is 0 Å². The van der Waals surface area contributed by atoms with Crippen molar-refractivity contribution in [2.75, 3.05) is 45.8 Å². The molecule has 0 bridgehead atoms. The number of nitrogens with one attached hydrogen (secondary N) is 1. The molecule has 0 radical (unpaired) electrons. The lowest BCUT2D eigenvalue weighted by Crippen LogP contribution is -2.40. The summed E-state index contributed by atoms with van der Waals surface area (Å²) in [5.41, 5.74) is 0. The van der Waals surface area contributed by atoms with Gasteiger partial charge in [-0.15, -0.1) is 0 Å². The molecule has 0 rings (SSSR count). The van der Waals surface area contributed by atoms with Crippen molar-refractivity contribution in [3.8, 4) is 0 Å². The topological polar surface area (TPSA) is 18.5 Å². The number of rotatable bonds is 13. The largest absolute Gasteiger partial charge is 0.314 e. The highest BCUT2D eigenvalue weighted by Crippen LogP contribution is 2.04. The first-order chi connectivity index (χ1) is 9.19. The maximum atomic E-state index is 3.59. The molecule has 3 nitrogen and oxygen atoms in total. The molecule has 1 atom stereocenters. The van der Waals surface area contributed by atoms with Gasteiger partial charge in [0.15, 0.2) is 0 Å². The summed E-state index contributed by atoms with van der Waals surface area (Å²) in [6.07, 6.45) is 3.87. The second-order valence-corrected chi connectivity index (χ2v) is 5.42. The molecule has 1 unspecified atom stereocenters. The Morgan fingerprint density at radius 2 is 1.53 bits per heavy atom. The van der Waals surface area contributed by atoms with Gasteiger partial charge in [0.05, 0.1) is 0 Å². The molecule has 0 fully saturated rings. The summed E-state index contributed by atoms with van der Waals surface area (Å²) in [7, 11) is 0. The smallest absolute Gasteiger partial charge is 0.0110 e. The molecule has 0 aromatic carbocycles. The van der Waals surface area contributed by atoms with E-state index in [2.05, 4.69) is 49.7 Å². The molecule has 0 aromatic rings. The third kappa shape index (κ3) is 9.42. The Labute approximate surface area is 121 Å². The zero-order chi connectivity index (χ0) is 14.5. The highest BCUT2D eigenvalue weighted by molar-refractivity contribution is 4.67. The fraction of sp³-hybridized carbons (Fsp3) is 1.00. The van der Waals surface area contributed by atoms with Gasteiger partial charge in [-0.1, -0.05) is 34.1 Å². The summed E-state index contributed by atoms with van der Waals surface area (Å²) in [4.78, 5) is 5.10. The minimum atomic E-state index is 0.719. The number of hydrogen-bond acceptors (Lipinski definition) is 3. The molecule has 0 spiro atoms. The molecular weight excluding hydrogens is 234 g/mol. The standard InChI is InChI=1S/C16H37N3/c1-6-10-13-19(16(5)7-2)15-12-17-11-14-18(8-3)9-4/h16-17H,6-15H2,1-5H3. The van der Waals surface area contributed by atoms with Crippen molar-refractivity contribution in [3.05, 3.63) is 0 Å². The monoisotopic (exact) mass is 271 g/mol. The molecule has 0 saturated carbocycles. The molecule has 0 saturated heterocycles. The summed E-state index contributed by atoms with van der Waals surface area (Å²) in [5, 5.41) is 3.59. The fourth-order valence-electron chi connectivity index (χ4n) is 2.30. The van der Waals surface area contributed by atoms with Gasteiger partial charge in [-0.3, -0.25) is 4.90 Å². The van der Waals surface area contributed by atoms with Gasteiger partial charge in [0, 0.05) is 32.2 Å². The van der Waals surface area contributed by atoms with E-state index in [0.717, 1.165) is 32.2 Å². The van der Waals surface area contributed by atoms with Crippen LogP contribution in [0.3, 0.4) is 0 Å². The zero-order valence-corrected chi connectivity index (χ0v) is 14.0. The van der Waals surface area contributed by atoms with E-state index in [0.29, 0.717) is 0 Å². The highest BCUT2D eigenvalue weighted by atomic mass is 15.2. The first-order valence-corrected chi connectivity index (χ1v) is 8.36. The van der Waals surface area contributed by atoms with Gasteiger partial charge in [-0.05, 0) is 39.4 Å². The van der Waals surface area contributed by atoms with Crippen molar-refractivity contribution in [2.24, 2.45) is 0 Å². The van der Waals surface area contributed by atoms with Gasteiger partial charge in [-0.2, -0.15) is 0 Å². The van der Waals surface area contributed by atoms with Crippen LogP contribution in [0.15, 0.2) is 0 Å². The molecule has 0 heterocycles. The second-order valence-electron chi connectivity index (χ2n) is 5.42. The van der Waals surface area contributed by atoms with E-state index in [1.54, 1.807) is 0 Å². The third-order valence-electron chi connectivity index (χ3n) is 4.09. The van der Waals surface area contributed by atoms with Crippen LogP contribution in [0.5, 0.6) is 0 Å². The van der Waals surface area contributed by atoms with Gasteiger partial charge < -0.3 is 10.2 Å². The Bertz CT molecular complexity index is 181. The van der Waals surface area contributed by atoms with E-state index in [4.69, 9.17) is 0 Å². The SMILES string of the molecule is CCCCN(CCNCCN(CC)CC)C(C)CC. The van der Waals surface area contributed by atoms with Crippen molar-refractivity contribution >= 4 is 0 Å². The van der Waals surface area contributed by atoms with Gasteiger partial charge in [0.25, 0.3) is 0 Å². The van der Waals surface area contributed by atoms with E-state index in [1.165, 1.54) is 38.9 Å². The van der Waals surface area contributed by atoms with Crippen molar-refractivity contribution in [3.63, 3.8) is 0 Å². The summed E-state index contributed by atoms with van der Waals surface area (Å²) in [5.74, 6) is 0. The van der Waals surface area contributed by atoms with Gasteiger partial charge in [-0.25, -0.2) is 0 Å². The zero-order valence-electron chi connectivity index (χ0n) is 14.0. The number of unbranched alkanes of at least 4 members (excludes halogenated alkanes) is 1. The average Bonchev–Trinajstić information content (AvgIpc) is 2.45. The maximum Gasteiger partial charge on any atom is 0.0110 e. The summed E-state index contributed by atoms with van der Waals surface area (Å²) < 4.78 is 0. The Balaban J connectivity index is 3.73. The van der Waals surface area contributed by atoms with Crippen LogP contribution in [0.2, 0.25) is 0 Å². The van der Waals surface area contributed by atoms with Crippen molar-refractivity contribution in [2.45, 2.75) is 59.9 Å². The molecule has 1 N–H and O–H groups in total. The molecule has 0 aliphatic carbocycles. The summed E-state index contributed by atoms with van der Waals surface area (Å²) >= 11 is 0. The van der Waals surface area contributed by atoms with Crippen LogP contribution < -0.4 is 5.32 Å². The molecular formula is C16H37N3.